The Hall–Kier alpha value is -6.81. The molecule has 9 aromatic carbocycles. The molecule has 0 unspecified atom stereocenters. The van der Waals surface area contributed by atoms with Gasteiger partial charge in [-0.25, -0.2) is 0 Å². The van der Waals surface area contributed by atoms with Crippen LogP contribution in [0.15, 0.2) is 224 Å². The fourth-order valence-electron chi connectivity index (χ4n) is 9.23. The molecule has 0 saturated carbocycles. The molecule has 0 radical (unpaired) electrons. The first-order valence-corrected chi connectivity index (χ1v) is 27.0. The molecule has 0 bridgehead atoms. The molecule has 12 rings (SSSR count). The Morgan fingerprint density at radius 3 is 0.911 bits per heavy atom. The lowest BCUT2D eigenvalue weighted by atomic mass is 9.78. The van der Waals surface area contributed by atoms with Gasteiger partial charge in [0, 0.05) is 0 Å². The van der Waals surface area contributed by atoms with Gasteiger partial charge in [-0.15, -0.1) is 0 Å². The van der Waals surface area contributed by atoms with Crippen LogP contribution in [0.4, 0.5) is 0 Å². The van der Waals surface area contributed by atoms with Gasteiger partial charge in [-0.3, -0.25) is 0 Å². The van der Waals surface area contributed by atoms with Crippen LogP contribution in [0.2, 0.25) is 0 Å². The van der Waals surface area contributed by atoms with Gasteiger partial charge in [-0.2, -0.15) is 0 Å². The average Bonchev–Trinajstić information content (AvgIpc) is 1.05. The third kappa shape index (κ3) is 12.0. The maximum absolute atomic E-state index is 8.54. The summed E-state index contributed by atoms with van der Waals surface area (Å²) in [7, 11) is -1.27. The van der Waals surface area contributed by atoms with Crippen LogP contribution in [0.1, 0.15) is 95.4 Å². The summed E-state index contributed by atoms with van der Waals surface area (Å²) in [6, 6.07) is 53.8. The van der Waals surface area contributed by atoms with Gasteiger partial charge >= 0.3 is 21.4 Å². The topological polar surface area (TPSA) is 55.4 Å². The van der Waals surface area contributed by atoms with E-state index in [2.05, 4.69) is 100 Å². The Morgan fingerprint density at radius 2 is 0.519 bits per heavy atom. The first-order chi connectivity index (χ1) is 41.3. The summed E-state index contributed by atoms with van der Waals surface area (Å²) in [5.74, 6) is 0. The van der Waals surface area contributed by atoms with Crippen molar-refractivity contribution in [1.29, 1.82) is 0 Å². The van der Waals surface area contributed by atoms with Crippen molar-refractivity contribution in [3.8, 4) is 55.6 Å². The van der Waals surface area contributed by atoms with Crippen LogP contribution in [0, 0.1) is 0 Å². The van der Waals surface area contributed by atoms with E-state index in [1.165, 1.54) is 22.3 Å². The minimum absolute atomic E-state index is 0.0442. The van der Waals surface area contributed by atoms with E-state index in [9.17, 15) is 0 Å². The van der Waals surface area contributed by atoms with Crippen molar-refractivity contribution in [2.24, 2.45) is 0 Å². The maximum Gasteiger partial charge on any atom is 0.494 e. The fourth-order valence-corrected chi connectivity index (χ4v) is 9.23. The largest absolute Gasteiger partial charge is 0.494 e. The normalized spacial score (nSPS) is 19.7. The van der Waals surface area contributed by atoms with E-state index in [-0.39, 0.29) is 83.8 Å². The molecule has 3 heterocycles. The monoisotopic (exact) mass is 1050 g/mol. The predicted octanol–water partition coefficient (Wildman–Crippen LogP) is 15.4. The fraction of sp³-hybridized carbons (Fsp3) is 0.257. The molecule has 79 heavy (non-hydrogen) atoms. The van der Waals surface area contributed by atoms with Gasteiger partial charge in [-0.1, -0.05) is 218 Å². The summed E-state index contributed by atoms with van der Waals surface area (Å²) < 4.78 is 111. The average molecular weight is 1050 g/mol. The second-order valence-electron chi connectivity index (χ2n) is 23.4. The number of rotatable bonds is 8. The summed E-state index contributed by atoms with van der Waals surface area (Å²) in [6.45, 7) is 24.4. The summed E-state index contributed by atoms with van der Waals surface area (Å²) in [5.41, 5.74) is 8.01. The SMILES string of the molecule is CC1(C)OB(c2ccc(-c3ccc(-c4ccccc4)cc3)cc2)OC1(C)C.[2H]c1c([2H])c(-c2ccc(B3OC(C)(C)C(C)(C)O3)cc2)c([2H])c([2H])c1-c1ccccc1.[2H]c1c([2H])c([2H])c(-c2ccc3cc(B4OC(C)(C)C(C)(C)O4)ccc3c2)c([2H])c1[2H]. The van der Waals surface area contributed by atoms with Crippen molar-refractivity contribution in [2.75, 3.05) is 0 Å². The Bertz CT molecular complexity index is 3950. The lowest BCUT2D eigenvalue weighted by Gasteiger charge is -2.32. The van der Waals surface area contributed by atoms with Crippen molar-refractivity contribution < 1.29 is 40.3 Å². The predicted molar refractivity (Wildman–Crippen MR) is 331 cm³/mol. The van der Waals surface area contributed by atoms with E-state index >= 15 is 0 Å². The molecule has 3 saturated heterocycles. The second-order valence-corrected chi connectivity index (χ2v) is 23.4. The van der Waals surface area contributed by atoms with E-state index in [0.29, 0.717) is 22.3 Å². The van der Waals surface area contributed by atoms with E-state index in [1.807, 2.05) is 122 Å². The highest BCUT2D eigenvalue weighted by Crippen LogP contribution is 2.39. The van der Waals surface area contributed by atoms with E-state index < -0.39 is 36.6 Å². The Kier molecular flexibility index (Phi) is 12.5. The summed E-state index contributed by atoms with van der Waals surface area (Å²) in [4.78, 5) is 0. The summed E-state index contributed by atoms with van der Waals surface area (Å²) in [6.07, 6.45) is 0. The molecule has 3 fully saturated rings. The van der Waals surface area contributed by atoms with Gasteiger partial charge in [0.25, 0.3) is 0 Å². The second kappa shape index (κ2) is 22.0. The third-order valence-corrected chi connectivity index (χ3v) is 16.4. The van der Waals surface area contributed by atoms with Crippen molar-refractivity contribution >= 4 is 48.5 Å². The van der Waals surface area contributed by atoms with Gasteiger partial charge in [0.2, 0.25) is 0 Å². The Morgan fingerprint density at radius 1 is 0.253 bits per heavy atom. The first kappa shape index (κ1) is 45.0. The first-order valence-electron chi connectivity index (χ1n) is 31.5. The van der Waals surface area contributed by atoms with Gasteiger partial charge in [0.1, 0.15) is 0 Å². The summed E-state index contributed by atoms with van der Waals surface area (Å²) in [5, 5.41) is 1.86. The number of hydrogen-bond acceptors (Lipinski definition) is 6. The number of fused-ring (bicyclic) bond motifs is 1. The Labute approximate surface area is 483 Å². The van der Waals surface area contributed by atoms with Crippen molar-refractivity contribution in [3.63, 3.8) is 0 Å². The molecule has 0 aromatic heterocycles. The van der Waals surface area contributed by atoms with Crippen LogP contribution in [0.3, 0.4) is 0 Å². The molecule has 398 valence electrons. The molecule has 6 nitrogen and oxygen atoms in total. The minimum atomic E-state index is -0.496. The quantitative estimate of drug-likeness (QED) is 0.141. The highest BCUT2D eigenvalue weighted by Gasteiger charge is 2.53. The third-order valence-electron chi connectivity index (χ3n) is 16.4. The zero-order valence-corrected chi connectivity index (χ0v) is 47.3. The van der Waals surface area contributed by atoms with Gasteiger partial charge in [-0.05, 0) is 172 Å². The van der Waals surface area contributed by atoms with Crippen molar-refractivity contribution in [3.05, 3.63) is 224 Å². The molecule has 9 aromatic rings. The number of benzene rings is 9. The van der Waals surface area contributed by atoms with E-state index in [1.54, 1.807) is 30.3 Å². The van der Waals surface area contributed by atoms with E-state index in [0.717, 1.165) is 27.2 Å². The molecule has 0 aliphatic carbocycles. The van der Waals surface area contributed by atoms with Gasteiger partial charge in [0.15, 0.2) is 0 Å². The van der Waals surface area contributed by atoms with Crippen LogP contribution >= 0.6 is 0 Å². The smallest absolute Gasteiger partial charge is 0.399 e. The molecule has 0 spiro atoms. The zero-order valence-electron chi connectivity index (χ0n) is 56.3. The zero-order chi connectivity index (χ0) is 63.6. The van der Waals surface area contributed by atoms with Crippen LogP contribution in [0.5, 0.6) is 0 Å². The molecule has 3 aliphatic heterocycles. The lowest BCUT2D eigenvalue weighted by Crippen LogP contribution is -2.41. The standard InChI is InChI=1S/2C24H25BO2.C22H23BO2/c2*1-23(2)24(3,4)27-25(26-23)22-16-14-21(15-17-22)20-12-10-19(11-13-20)18-8-6-5-7-9-18;1-21(2)22(3,4)25-23(24-21)20-13-12-18-14-17(10-11-19(18)15-20)16-8-6-5-7-9-16/h2*5-17H,1-4H3;5-15H,1-4H3/i10D,11D,12D,13D;;5D,6D,7D,8D,9D. The van der Waals surface area contributed by atoms with Crippen molar-refractivity contribution in [2.45, 2.75) is 117 Å². The molecule has 0 amide bonds. The van der Waals surface area contributed by atoms with Gasteiger partial charge in [0.05, 0.1) is 45.9 Å². The molecule has 9 heteroatoms. The lowest BCUT2D eigenvalue weighted by molar-refractivity contribution is 0.00578. The van der Waals surface area contributed by atoms with Crippen LogP contribution in [0.25, 0.3) is 66.4 Å². The molecule has 0 N–H and O–H groups in total. The molecular weight excluding hydrogens is 969 g/mol. The highest BCUT2D eigenvalue weighted by molar-refractivity contribution is 6.63. The van der Waals surface area contributed by atoms with E-state index in [4.69, 9.17) is 40.3 Å². The van der Waals surface area contributed by atoms with Crippen molar-refractivity contribution in [1.82, 2.24) is 0 Å². The Balaban J connectivity index is 0.000000146. The molecular formula is C70H73B3O6. The minimum Gasteiger partial charge on any atom is -0.399 e. The molecule has 3 aliphatic rings. The van der Waals surface area contributed by atoms with Crippen LogP contribution in [-0.2, 0) is 27.9 Å². The molecule has 0 atom stereocenters. The summed E-state index contributed by atoms with van der Waals surface area (Å²) >= 11 is 0. The van der Waals surface area contributed by atoms with Crippen LogP contribution < -0.4 is 16.4 Å². The maximum atomic E-state index is 8.54. The van der Waals surface area contributed by atoms with Crippen LogP contribution in [-0.4, -0.2) is 55.0 Å². The number of hydrogen-bond donors (Lipinski definition) is 0. The van der Waals surface area contributed by atoms with Gasteiger partial charge < -0.3 is 27.9 Å². The highest BCUT2D eigenvalue weighted by atomic mass is 16.7.